The van der Waals surface area contributed by atoms with Crippen molar-refractivity contribution in [2.24, 2.45) is 23.7 Å². The molecule has 0 nitrogen and oxygen atoms in total. The molecule has 4 rings (SSSR count). The quantitative estimate of drug-likeness (QED) is 0.273. The van der Waals surface area contributed by atoms with Crippen molar-refractivity contribution in [1.82, 2.24) is 0 Å². The maximum atomic E-state index is 4.93. The van der Waals surface area contributed by atoms with Gasteiger partial charge in [-0.25, -0.2) is 0 Å². The first-order chi connectivity index (χ1) is 11.6. The third-order valence-electron chi connectivity index (χ3n) is 7.06. The van der Waals surface area contributed by atoms with Crippen LogP contribution in [0.25, 0.3) is 0 Å². The SMILES string of the molecule is C[Si](C)([C@H]1CCC2C=CC=CC21)[C@H]1CCC2C=CC=CC21.[CH3-].[CH3-].[Cl][Zr+2][Cl]. The summed E-state index contributed by atoms with van der Waals surface area (Å²) in [5.74, 6) is 3.43. The van der Waals surface area contributed by atoms with Gasteiger partial charge in [-0.15, -0.1) is 0 Å². The topological polar surface area (TPSA) is 0 Å². The summed E-state index contributed by atoms with van der Waals surface area (Å²) in [5.41, 5.74) is 2.01. The summed E-state index contributed by atoms with van der Waals surface area (Å²) in [5, 5.41) is 0. The van der Waals surface area contributed by atoms with Gasteiger partial charge in [-0.2, -0.15) is 0 Å². The molecule has 4 aliphatic carbocycles. The molecule has 0 aliphatic heterocycles. The summed E-state index contributed by atoms with van der Waals surface area (Å²) in [6, 6.07) is 0. The molecule has 0 bridgehead atoms. The van der Waals surface area contributed by atoms with Crippen molar-refractivity contribution in [3.05, 3.63) is 63.5 Å². The molecule has 0 aromatic carbocycles. The summed E-state index contributed by atoms with van der Waals surface area (Å²) in [4.78, 5) is 0. The van der Waals surface area contributed by atoms with E-state index in [0.717, 1.165) is 34.8 Å². The Morgan fingerprint density at radius 3 is 1.42 bits per heavy atom. The van der Waals surface area contributed by atoms with E-state index in [9.17, 15) is 0 Å². The predicted molar refractivity (Wildman–Crippen MR) is 119 cm³/mol. The molecular formula is C22H34Cl2SiZr. The molecule has 4 heteroatoms. The van der Waals surface area contributed by atoms with Gasteiger partial charge >= 0.3 is 37.9 Å². The zero-order chi connectivity index (χ0) is 17.2. The summed E-state index contributed by atoms with van der Waals surface area (Å²) < 4.78 is 0. The minimum absolute atomic E-state index is 0. The van der Waals surface area contributed by atoms with Crippen molar-refractivity contribution in [3.8, 4) is 0 Å². The molecule has 2 fully saturated rings. The average molecular weight is 489 g/mol. The Balaban J connectivity index is 0.000000635. The minimum atomic E-state index is -1.22. The van der Waals surface area contributed by atoms with E-state index in [1.807, 2.05) is 0 Å². The van der Waals surface area contributed by atoms with Gasteiger partial charge < -0.3 is 14.9 Å². The Morgan fingerprint density at radius 1 is 0.692 bits per heavy atom. The zero-order valence-corrected chi connectivity index (χ0v) is 21.6. The van der Waals surface area contributed by atoms with Crippen molar-refractivity contribution >= 4 is 25.1 Å². The predicted octanol–water partition coefficient (Wildman–Crippen LogP) is 8.02. The first-order valence-corrected chi connectivity index (χ1v) is 18.7. The Hall–Kier alpha value is 0.640. The number of hydrogen-bond donors (Lipinski definition) is 0. The fourth-order valence-electron chi connectivity index (χ4n) is 5.92. The van der Waals surface area contributed by atoms with E-state index in [-0.39, 0.29) is 14.9 Å². The van der Waals surface area contributed by atoms with E-state index in [1.54, 1.807) is 0 Å². The number of halogens is 2. The van der Waals surface area contributed by atoms with E-state index in [4.69, 9.17) is 17.0 Å². The van der Waals surface area contributed by atoms with Crippen LogP contribution in [0.4, 0.5) is 0 Å². The van der Waals surface area contributed by atoms with E-state index < -0.39 is 28.9 Å². The van der Waals surface area contributed by atoms with Crippen LogP contribution < -0.4 is 0 Å². The molecule has 0 amide bonds. The molecule has 0 aromatic rings. The molecule has 0 radical (unpaired) electrons. The van der Waals surface area contributed by atoms with Gasteiger partial charge in [0, 0.05) is 0 Å². The van der Waals surface area contributed by atoms with Crippen LogP contribution in [0.15, 0.2) is 48.6 Å². The maximum absolute atomic E-state index is 4.93. The van der Waals surface area contributed by atoms with Crippen LogP contribution in [0, 0.1) is 38.5 Å². The van der Waals surface area contributed by atoms with Crippen molar-refractivity contribution < 1.29 is 20.8 Å². The molecule has 26 heavy (non-hydrogen) atoms. The first kappa shape index (κ1) is 24.7. The van der Waals surface area contributed by atoms with Gasteiger partial charge in [0.15, 0.2) is 0 Å². The molecular weight excluding hydrogens is 454 g/mol. The van der Waals surface area contributed by atoms with E-state index >= 15 is 0 Å². The third-order valence-corrected chi connectivity index (χ3v) is 12.2. The van der Waals surface area contributed by atoms with Crippen LogP contribution >= 0.6 is 17.0 Å². The summed E-state index contributed by atoms with van der Waals surface area (Å²) in [7, 11) is 8.64. The molecule has 0 spiro atoms. The van der Waals surface area contributed by atoms with Gasteiger partial charge in [0.05, 0.1) is 8.07 Å². The van der Waals surface area contributed by atoms with E-state index in [1.165, 1.54) is 25.7 Å². The molecule has 4 unspecified atom stereocenters. The normalized spacial score (nSPS) is 36.0. The monoisotopic (exact) mass is 486 g/mol. The molecule has 4 aliphatic rings. The number of allylic oxidation sites excluding steroid dienone is 8. The summed E-state index contributed by atoms with van der Waals surface area (Å²) in [6.07, 6.45) is 25.1. The second kappa shape index (κ2) is 11.0. The van der Waals surface area contributed by atoms with Crippen molar-refractivity contribution in [1.29, 1.82) is 0 Å². The Labute approximate surface area is 181 Å². The summed E-state index contributed by atoms with van der Waals surface area (Å²) >= 11 is -0.826. The van der Waals surface area contributed by atoms with Gasteiger partial charge in [-0.1, -0.05) is 74.5 Å². The average Bonchev–Trinajstić information content (AvgIpc) is 3.20. The molecule has 0 N–H and O–H groups in total. The molecule has 144 valence electrons. The zero-order valence-electron chi connectivity index (χ0n) is 16.7. The molecule has 0 heterocycles. The fourth-order valence-corrected chi connectivity index (χ4v) is 11.0. The first-order valence-electron chi connectivity index (χ1n) is 9.25. The van der Waals surface area contributed by atoms with Crippen molar-refractivity contribution in [2.75, 3.05) is 0 Å². The molecule has 6 atom stereocenters. The van der Waals surface area contributed by atoms with Crippen LogP contribution in [0.5, 0.6) is 0 Å². The number of rotatable bonds is 2. The van der Waals surface area contributed by atoms with Crippen LogP contribution in [-0.4, -0.2) is 8.07 Å². The fraction of sp³-hybridized carbons (Fsp3) is 0.545. The van der Waals surface area contributed by atoms with Crippen LogP contribution in [0.1, 0.15) is 25.7 Å². The van der Waals surface area contributed by atoms with Gasteiger partial charge in [-0.3, -0.25) is 0 Å². The van der Waals surface area contributed by atoms with Crippen LogP contribution in [0.3, 0.4) is 0 Å². The Morgan fingerprint density at radius 2 is 1.04 bits per heavy atom. The van der Waals surface area contributed by atoms with Crippen molar-refractivity contribution in [2.45, 2.75) is 49.9 Å². The van der Waals surface area contributed by atoms with Crippen LogP contribution in [-0.2, 0) is 20.8 Å². The summed E-state index contributed by atoms with van der Waals surface area (Å²) in [6.45, 7) is 5.43. The molecule has 0 aromatic heterocycles. The number of hydrogen-bond acceptors (Lipinski definition) is 0. The van der Waals surface area contributed by atoms with E-state index in [2.05, 4.69) is 61.7 Å². The van der Waals surface area contributed by atoms with Gasteiger partial charge in [0.25, 0.3) is 0 Å². The molecule has 0 saturated heterocycles. The van der Waals surface area contributed by atoms with Gasteiger partial charge in [0.1, 0.15) is 0 Å². The molecule has 2 saturated carbocycles. The standard InChI is InChI=1S/C20H28Si.2CH3.2ClH.Zr/c1-21(2,19-13-11-15-7-3-5-9-17(15)19)20-14-12-16-8-4-6-10-18(16)20;;;;;/h3-10,15-20H,11-14H2,1-2H3;2*1H3;2*1H;/q;2*-1;;;+4/p-2/t15?,16?,17?,18?,19-,20-;;;;;/m0...../s1. The number of fused-ring (bicyclic) bond motifs is 2. The van der Waals surface area contributed by atoms with Crippen LogP contribution in [0.2, 0.25) is 24.2 Å². The van der Waals surface area contributed by atoms with Crippen molar-refractivity contribution in [3.63, 3.8) is 0 Å². The van der Waals surface area contributed by atoms with E-state index in [0.29, 0.717) is 0 Å². The third kappa shape index (κ3) is 4.97. The second-order valence-corrected chi connectivity index (χ2v) is 17.1. The Bertz CT molecular complexity index is 506. The Kier molecular flexibility index (Phi) is 10.4. The van der Waals surface area contributed by atoms with Gasteiger partial charge in [0.2, 0.25) is 0 Å². The second-order valence-electron chi connectivity index (χ2n) is 8.28. The van der Waals surface area contributed by atoms with Gasteiger partial charge in [-0.05, 0) is 47.6 Å².